The Hall–Kier alpha value is -2.74. The Morgan fingerprint density at radius 3 is 2.79 bits per heavy atom. The van der Waals surface area contributed by atoms with Crippen LogP contribution in [0.4, 0.5) is 5.69 Å². The molecule has 0 aromatic heterocycles. The number of hydrogen-bond acceptors (Lipinski definition) is 4. The van der Waals surface area contributed by atoms with E-state index in [4.69, 9.17) is 9.47 Å². The first-order valence-corrected chi connectivity index (χ1v) is 9.73. The molecule has 0 bridgehead atoms. The highest BCUT2D eigenvalue weighted by molar-refractivity contribution is 9.10. The third-order valence-electron chi connectivity index (χ3n) is 4.26. The van der Waals surface area contributed by atoms with Crippen LogP contribution in [0, 0.1) is 6.92 Å². The normalized spacial score (nSPS) is 12.6. The van der Waals surface area contributed by atoms with E-state index in [0.29, 0.717) is 12.5 Å². The number of hydrogen-bond donors (Lipinski definition) is 3. The van der Waals surface area contributed by atoms with Crippen LogP contribution in [0.5, 0.6) is 11.5 Å². The molecule has 0 aliphatic carbocycles. The van der Waals surface area contributed by atoms with Gasteiger partial charge in [0.15, 0.2) is 17.5 Å². The van der Waals surface area contributed by atoms with Crippen molar-refractivity contribution >= 4 is 33.5 Å². The minimum atomic E-state index is -0.139. The summed E-state index contributed by atoms with van der Waals surface area (Å²) >= 11 is 3.41. The van der Waals surface area contributed by atoms with Crippen LogP contribution in [-0.4, -0.2) is 38.8 Å². The van der Waals surface area contributed by atoms with Gasteiger partial charge in [-0.2, -0.15) is 0 Å². The molecule has 0 fully saturated rings. The van der Waals surface area contributed by atoms with Crippen molar-refractivity contribution in [2.75, 3.05) is 32.2 Å². The van der Waals surface area contributed by atoms with E-state index < -0.39 is 0 Å². The Bertz CT molecular complexity index is 886. The van der Waals surface area contributed by atoms with Crippen LogP contribution in [0.25, 0.3) is 0 Å². The first-order valence-electron chi connectivity index (χ1n) is 8.94. The smallest absolute Gasteiger partial charge is 0.243 e. The number of rotatable bonds is 6. The van der Waals surface area contributed by atoms with Crippen molar-refractivity contribution in [1.82, 2.24) is 10.6 Å². The highest BCUT2D eigenvalue weighted by Gasteiger charge is 2.13. The van der Waals surface area contributed by atoms with E-state index in [0.717, 1.165) is 39.2 Å². The van der Waals surface area contributed by atoms with Crippen molar-refractivity contribution in [3.8, 4) is 11.5 Å². The van der Waals surface area contributed by atoms with Gasteiger partial charge in [0.1, 0.15) is 0 Å². The number of aryl methyl sites for hydroxylation is 1. The molecule has 1 aliphatic rings. The number of fused-ring (bicyclic) bond motifs is 1. The SMILES string of the molecule is CN=C(NCCc1ccc2c(c1)OCO2)NCC(=O)Nc1cc(Br)ccc1C. The second kappa shape index (κ2) is 9.45. The van der Waals surface area contributed by atoms with Gasteiger partial charge in [0, 0.05) is 23.8 Å². The van der Waals surface area contributed by atoms with Crippen LogP contribution in [-0.2, 0) is 11.2 Å². The molecule has 2 aromatic carbocycles. The zero-order valence-corrected chi connectivity index (χ0v) is 17.4. The minimum absolute atomic E-state index is 0.121. The number of guanidine groups is 1. The molecule has 1 amide bonds. The third-order valence-corrected chi connectivity index (χ3v) is 4.75. The summed E-state index contributed by atoms with van der Waals surface area (Å²) in [7, 11) is 1.67. The number of amides is 1. The molecule has 3 N–H and O–H groups in total. The number of nitrogens with zero attached hydrogens (tertiary/aromatic N) is 1. The molecule has 0 saturated heterocycles. The first kappa shape index (κ1) is 20.0. The molecular weight excluding hydrogens is 424 g/mol. The molecule has 0 spiro atoms. The van der Waals surface area contributed by atoms with E-state index in [-0.39, 0.29) is 19.2 Å². The maximum absolute atomic E-state index is 12.2. The number of anilines is 1. The number of aliphatic imine (C=N–C) groups is 1. The number of ether oxygens (including phenoxy) is 2. The van der Waals surface area contributed by atoms with E-state index in [1.807, 2.05) is 43.3 Å². The summed E-state index contributed by atoms with van der Waals surface area (Å²) in [6.07, 6.45) is 0.792. The number of halogens is 1. The second-order valence-corrected chi connectivity index (χ2v) is 7.21. The van der Waals surface area contributed by atoms with E-state index >= 15 is 0 Å². The lowest BCUT2D eigenvalue weighted by atomic mass is 10.1. The lowest BCUT2D eigenvalue weighted by molar-refractivity contribution is -0.115. The number of carbonyl (C=O) groups excluding carboxylic acids is 1. The number of carbonyl (C=O) groups is 1. The quantitative estimate of drug-likeness (QED) is 0.469. The van der Waals surface area contributed by atoms with Crippen LogP contribution >= 0.6 is 15.9 Å². The summed E-state index contributed by atoms with van der Waals surface area (Å²) in [5.41, 5.74) is 2.92. The molecule has 8 heteroatoms. The standard InChI is InChI=1S/C20H23BrN4O3/c1-13-3-5-15(21)10-16(13)25-19(26)11-24-20(22-2)23-8-7-14-4-6-17-18(9-14)28-12-27-17/h3-6,9-10H,7-8,11-12H2,1-2H3,(H,25,26)(H2,22,23,24). The van der Waals surface area contributed by atoms with Crippen LogP contribution < -0.4 is 25.4 Å². The first-order chi connectivity index (χ1) is 13.5. The Morgan fingerprint density at radius 2 is 1.96 bits per heavy atom. The maximum Gasteiger partial charge on any atom is 0.243 e. The molecule has 0 atom stereocenters. The van der Waals surface area contributed by atoms with Gasteiger partial charge in [0.2, 0.25) is 12.7 Å². The summed E-state index contributed by atoms with van der Waals surface area (Å²) in [4.78, 5) is 16.4. The van der Waals surface area contributed by atoms with Crippen molar-refractivity contribution in [2.24, 2.45) is 4.99 Å². The average Bonchev–Trinajstić information content (AvgIpc) is 3.15. The second-order valence-electron chi connectivity index (χ2n) is 6.30. The number of benzene rings is 2. The Balaban J connectivity index is 1.43. The van der Waals surface area contributed by atoms with Gasteiger partial charge in [-0.15, -0.1) is 0 Å². The summed E-state index contributed by atoms with van der Waals surface area (Å²) in [5.74, 6) is 1.99. The van der Waals surface area contributed by atoms with Crippen LogP contribution in [0.3, 0.4) is 0 Å². The van der Waals surface area contributed by atoms with Crippen molar-refractivity contribution in [3.05, 3.63) is 52.0 Å². The summed E-state index contributed by atoms with van der Waals surface area (Å²) in [6.45, 7) is 3.02. The van der Waals surface area contributed by atoms with Crippen LogP contribution in [0.1, 0.15) is 11.1 Å². The molecule has 28 heavy (non-hydrogen) atoms. The molecule has 3 rings (SSSR count). The fourth-order valence-electron chi connectivity index (χ4n) is 2.73. The van der Waals surface area contributed by atoms with E-state index in [9.17, 15) is 4.79 Å². The average molecular weight is 447 g/mol. The van der Waals surface area contributed by atoms with E-state index in [1.165, 1.54) is 0 Å². The summed E-state index contributed by atoms with van der Waals surface area (Å²) < 4.78 is 11.6. The van der Waals surface area contributed by atoms with Crippen molar-refractivity contribution in [3.63, 3.8) is 0 Å². The lowest BCUT2D eigenvalue weighted by Gasteiger charge is -2.13. The van der Waals surface area contributed by atoms with Crippen molar-refractivity contribution < 1.29 is 14.3 Å². The highest BCUT2D eigenvalue weighted by atomic mass is 79.9. The Morgan fingerprint density at radius 1 is 1.14 bits per heavy atom. The largest absolute Gasteiger partial charge is 0.454 e. The molecule has 0 radical (unpaired) electrons. The molecule has 1 heterocycles. The van der Waals surface area contributed by atoms with Crippen molar-refractivity contribution in [2.45, 2.75) is 13.3 Å². The lowest BCUT2D eigenvalue weighted by Crippen LogP contribution is -2.42. The third kappa shape index (κ3) is 5.39. The predicted octanol–water partition coefficient (Wildman–Crippen LogP) is 2.83. The minimum Gasteiger partial charge on any atom is -0.454 e. The number of nitrogens with one attached hydrogen (secondary N) is 3. The monoisotopic (exact) mass is 446 g/mol. The molecule has 0 unspecified atom stereocenters. The highest BCUT2D eigenvalue weighted by Crippen LogP contribution is 2.32. The van der Waals surface area contributed by atoms with Crippen molar-refractivity contribution in [1.29, 1.82) is 0 Å². The molecule has 2 aromatic rings. The fourth-order valence-corrected chi connectivity index (χ4v) is 3.09. The molecule has 7 nitrogen and oxygen atoms in total. The molecule has 1 aliphatic heterocycles. The van der Waals surface area contributed by atoms with Gasteiger partial charge in [0.05, 0.1) is 6.54 Å². The topological polar surface area (TPSA) is 84.0 Å². The van der Waals surface area contributed by atoms with Crippen LogP contribution in [0.2, 0.25) is 0 Å². The van der Waals surface area contributed by atoms with Gasteiger partial charge in [-0.25, -0.2) is 0 Å². The molecular formula is C20H23BrN4O3. The van der Waals surface area contributed by atoms with Gasteiger partial charge in [0.25, 0.3) is 0 Å². The fraction of sp³-hybridized carbons (Fsp3) is 0.300. The molecule has 148 valence electrons. The van der Waals surface area contributed by atoms with Gasteiger partial charge in [-0.1, -0.05) is 28.1 Å². The van der Waals surface area contributed by atoms with Gasteiger partial charge >= 0.3 is 0 Å². The zero-order chi connectivity index (χ0) is 19.9. The summed E-state index contributed by atoms with van der Waals surface area (Å²) in [6, 6.07) is 11.7. The predicted molar refractivity (Wildman–Crippen MR) is 113 cm³/mol. The van der Waals surface area contributed by atoms with Gasteiger partial charge in [-0.05, 0) is 48.7 Å². The molecule has 0 saturated carbocycles. The zero-order valence-electron chi connectivity index (χ0n) is 15.8. The van der Waals surface area contributed by atoms with E-state index in [2.05, 4.69) is 36.9 Å². The van der Waals surface area contributed by atoms with Gasteiger partial charge < -0.3 is 25.4 Å². The van der Waals surface area contributed by atoms with Gasteiger partial charge in [-0.3, -0.25) is 9.79 Å². The Labute approximate surface area is 172 Å². The van der Waals surface area contributed by atoms with Crippen LogP contribution in [0.15, 0.2) is 45.9 Å². The maximum atomic E-state index is 12.2. The van der Waals surface area contributed by atoms with E-state index in [1.54, 1.807) is 7.05 Å². The summed E-state index contributed by atoms with van der Waals surface area (Å²) in [5, 5.41) is 9.12. The Kier molecular flexibility index (Phi) is 6.76.